The second-order valence-corrected chi connectivity index (χ2v) is 7.56. The molecule has 0 saturated carbocycles. The Kier molecular flexibility index (Phi) is 5.56. The van der Waals surface area contributed by atoms with Crippen molar-refractivity contribution in [1.82, 2.24) is 9.55 Å². The van der Waals surface area contributed by atoms with Crippen molar-refractivity contribution >= 4 is 34.2 Å². The lowest BCUT2D eigenvalue weighted by molar-refractivity contribution is 0.303. The first-order valence-electron chi connectivity index (χ1n) is 9.22. The number of rotatable bonds is 6. The van der Waals surface area contributed by atoms with Crippen molar-refractivity contribution in [2.24, 2.45) is 0 Å². The number of hydrogen-bond acceptors (Lipinski definition) is 2. The quantitative estimate of drug-likeness (QED) is 0.327. The molecule has 3 aromatic carbocycles. The summed E-state index contributed by atoms with van der Waals surface area (Å²) in [5.41, 5.74) is 4.13. The van der Waals surface area contributed by atoms with Gasteiger partial charge in [0.25, 0.3) is 0 Å². The molecule has 0 saturated heterocycles. The van der Waals surface area contributed by atoms with E-state index in [1.165, 1.54) is 5.56 Å². The normalized spacial score (nSPS) is 11.1. The molecule has 0 atom stereocenters. The van der Waals surface area contributed by atoms with Gasteiger partial charge >= 0.3 is 0 Å². The summed E-state index contributed by atoms with van der Waals surface area (Å²) in [6, 6.07) is 21.7. The molecule has 3 nitrogen and oxygen atoms in total. The van der Waals surface area contributed by atoms with Crippen molar-refractivity contribution in [3.8, 4) is 17.1 Å². The molecule has 5 heteroatoms. The van der Waals surface area contributed by atoms with Crippen LogP contribution < -0.4 is 4.74 Å². The highest BCUT2D eigenvalue weighted by Gasteiger charge is 2.15. The monoisotopic (exact) mass is 410 g/mol. The van der Waals surface area contributed by atoms with Crippen LogP contribution in [0.2, 0.25) is 10.0 Å². The standard InChI is InChI=1S/C23H20Cl2N2O/c1-16-7-10-18(11-8-16)28-14-4-13-27-22-6-3-2-5-21(22)26-23(27)19-12-9-17(24)15-20(19)25/h2-3,5-12,15H,4,13-14H2,1H3. The molecule has 0 aliphatic carbocycles. The van der Waals surface area contributed by atoms with Crippen molar-refractivity contribution in [3.63, 3.8) is 0 Å². The second kappa shape index (κ2) is 8.26. The molecule has 4 aromatic rings. The van der Waals surface area contributed by atoms with Gasteiger partial charge in [-0.05, 0) is 55.8 Å². The Morgan fingerprint density at radius 3 is 2.54 bits per heavy atom. The number of halogens is 2. The minimum Gasteiger partial charge on any atom is -0.494 e. The summed E-state index contributed by atoms with van der Waals surface area (Å²) < 4.78 is 8.08. The van der Waals surface area contributed by atoms with E-state index in [1.807, 2.05) is 42.5 Å². The molecule has 0 amide bonds. The minimum absolute atomic E-state index is 0.597. The number of imidazole rings is 1. The van der Waals surface area contributed by atoms with E-state index >= 15 is 0 Å². The highest BCUT2D eigenvalue weighted by Crippen LogP contribution is 2.32. The summed E-state index contributed by atoms with van der Waals surface area (Å²) in [6.07, 6.45) is 0.854. The molecule has 0 aliphatic rings. The third-order valence-corrected chi connectivity index (χ3v) is 5.19. The summed E-state index contributed by atoms with van der Waals surface area (Å²) in [6.45, 7) is 3.47. The molecule has 1 heterocycles. The first-order chi connectivity index (χ1) is 13.6. The number of fused-ring (bicyclic) bond motifs is 1. The van der Waals surface area contributed by atoms with Crippen molar-refractivity contribution in [1.29, 1.82) is 0 Å². The Balaban J connectivity index is 1.57. The van der Waals surface area contributed by atoms with E-state index in [2.05, 4.69) is 29.7 Å². The summed E-state index contributed by atoms with van der Waals surface area (Å²) >= 11 is 12.5. The zero-order valence-corrected chi connectivity index (χ0v) is 17.0. The van der Waals surface area contributed by atoms with Gasteiger partial charge in [0, 0.05) is 17.1 Å². The first kappa shape index (κ1) is 18.9. The Morgan fingerprint density at radius 1 is 0.964 bits per heavy atom. The largest absolute Gasteiger partial charge is 0.494 e. The fourth-order valence-electron chi connectivity index (χ4n) is 3.23. The summed E-state index contributed by atoms with van der Waals surface area (Å²) in [7, 11) is 0. The van der Waals surface area contributed by atoms with Gasteiger partial charge in [-0.2, -0.15) is 0 Å². The summed E-state index contributed by atoms with van der Waals surface area (Å²) in [5.74, 6) is 1.74. The van der Waals surface area contributed by atoms with Gasteiger partial charge in [0.1, 0.15) is 11.6 Å². The van der Waals surface area contributed by atoms with Crippen LogP contribution in [0, 0.1) is 6.92 Å². The van der Waals surface area contributed by atoms with E-state index in [0.29, 0.717) is 16.7 Å². The fraction of sp³-hybridized carbons (Fsp3) is 0.174. The van der Waals surface area contributed by atoms with Crippen molar-refractivity contribution < 1.29 is 4.74 Å². The van der Waals surface area contributed by atoms with Crippen LogP contribution in [0.3, 0.4) is 0 Å². The number of para-hydroxylation sites is 2. The van der Waals surface area contributed by atoms with E-state index in [9.17, 15) is 0 Å². The molecule has 0 radical (unpaired) electrons. The Labute approximate surface area is 174 Å². The average Bonchev–Trinajstić information content (AvgIpc) is 3.05. The van der Waals surface area contributed by atoms with E-state index in [1.54, 1.807) is 6.07 Å². The molecule has 0 fully saturated rings. The maximum atomic E-state index is 6.46. The zero-order chi connectivity index (χ0) is 19.5. The molecule has 142 valence electrons. The predicted molar refractivity (Wildman–Crippen MR) is 116 cm³/mol. The molecule has 1 aromatic heterocycles. The molecule has 0 N–H and O–H groups in total. The number of ether oxygens (including phenoxy) is 1. The fourth-order valence-corrected chi connectivity index (χ4v) is 3.72. The van der Waals surface area contributed by atoms with Crippen molar-refractivity contribution in [2.45, 2.75) is 19.9 Å². The van der Waals surface area contributed by atoms with E-state index < -0.39 is 0 Å². The smallest absolute Gasteiger partial charge is 0.142 e. The molecule has 0 unspecified atom stereocenters. The number of aromatic nitrogens is 2. The third kappa shape index (κ3) is 4.01. The molecule has 0 aliphatic heterocycles. The van der Waals surface area contributed by atoms with Crippen LogP contribution in [0.1, 0.15) is 12.0 Å². The van der Waals surface area contributed by atoms with Crippen LogP contribution in [0.5, 0.6) is 5.75 Å². The number of benzene rings is 3. The van der Waals surface area contributed by atoms with Gasteiger partial charge in [0.15, 0.2) is 0 Å². The predicted octanol–water partition coefficient (Wildman–Crippen LogP) is 6.79. The van der Waals surface area contributed by atoms with Crippen LogP contribution in [-0.2, 0) is 6.54 Å². The van der Waals surface area contributed by atoms with E-state index in [-0.39, 0.29) is 0 Å². The van der Waals surface area contributed by atoms with Gasteiger partial charge < -0.3 is 9.30 Å². The first-order valence-corrected chi connectivity index (χ1v) is 9.97. The molecular weight excluding hydrogens is 391 g/mol. The molecule has 0 spiro atoms. The zero-order valence-electron chi connectivity index (χ0n) is 15.5. The van der Waals surface area contributed by atoms with Gasteiger partial charge in [-0.25, -0.2) is 4.98 Å². The number of nitrogens with zero attached hydrogens (tertiary/aromatic N) is 2. The van der Waals surface area contributed by atoms with Gasteiger partial charge in [-0.1, -0.05) is 53.0 Å². The second-order valence-electron chi connectivity index (χ2n) is 6.71. The lowest BCUT2D eigenvalue weighted by Crippen LogP contribution is -2.06. The lowest BCUT2D eigenvalue weighted by Gasteiger charge is -2.12. The van der Waals surface area contributed by atoms with Crippen LogP contribution in [-0.4, -0.2) is 16.2 Å². The van der Waals surface area contributed by atoms with Crippen molar-refractivity contribution in [2.75, 3.05) is 6.61 Å². The van der Waals surface area contributed by atoms with Gasteiger partial charge in [0.2, 0.25) is 0 Å². The Bertz CT molecular complexity index is 1100. The molecule has 28 heavy (non-hydrogen) atoms. The highest BCUT2D eigenvalue weighted by molar-refractivity contribution is 6.36. The van der Waals surface area contributed by atoms with Gasteiger partial charge in [0.05, 0.1) is 22.7 Å². The maximum absolute atomic E-state index is 6.46. The number of aryl methyl sites for hydroxylation is 2. The van der Waals surface area contributed by atoms with E-state index in [4.69, 9.17) is 32.9 Å². The van der Waals surface area contributed by atoms with Crippen LogP contribution in [0.25, 0.3) is 22.4 Å². The highest BCUT2D eigenvalue weighted by atomic mass is 35.5. The topological polar surface area (TPSA) is 27.1 Å². The molecule has 0 bridgehead atoms. The SMILES string of the molecule is Cc1ccc(OCCCn2c(-c3ccc(Cl)cc3Cl)nc3ccccc32)cc1. The summed E-state index contributed by atoms with van der Waals surface area (Å²) in [4.78, 5) is 4.81. The lowest BCUT2D eigenvalue weighted by atomic mass is 10.2. The van der Waals surface area contributed by atoms with E-state index in [0.717, 1.165) is 41.1 Å². The molecular formula is C23H20Cl2N2O. The molecule has 4 rings (SSSR count). The number of hydrogen-bond donors (Lipinski definition) is 0. The Hall–Kier alpha value is -2.49. The minimum atomic E-state index is 0.597. The Morgan fingerprint density at radius 2 is 1.75 bits per heavy atom. The maximum Gasteiger partial charge on any atom is 0.142 e. The van der Waals surface area contributed by atoms with Crippen LogP contribution >= 0.6 is 23.2 Å². The van der Waals surface area contributed by atoms with Crippen molar-refractivity contribution in [3.05, 3.63) is 82.3 Å². The van der Waals surface area contributed by atoms with Gasteiger partial charge in [-0.3, -0.25) is 0 Å². The van der Waals surface area contributed by atoms with Crippen LogP contribution in [0.4, 0.5) is 0 Å². The third-order valence-electron chi connectivity index (χ3n) is 4.64. The van der Waals surface area contributed by atoms with Gasteiger partial charge in [-0.15, -0.1) is 0 Å². The summed E-state index contributed by atoms with van der Waals surface area (Å²) in [5, 5.41) is 1.21. The average molecular weight is 411 g/mol. The van der Waals surface area contributed by atoms with Crippen LogP contribution in [0.15, 0.2) is 66.7 Å².